The first kappa shape index (κ1) is 22.0. The number of ether oxygens (including phenoxy) is 1. The molecule has 2 heterocycles. The predicted molar refractivity (Wildman–Crippen MR) is 129 cm³/mol. The molecule has 2 aromatic carbocycles. The third-order valence-corrected chi connectivity index (χ3v) is 5.48. The minimum Gasteiger partial charge on any atom is -0.439 e. The Labute approximate surface area is 192 Å². The fourth-order valence-electron chi connectivity index (χ4n) is 3.29. The van der Waals surface area contributed by atoms with Crippen molar-refractivity contribution in [1.29, 1.82) is 0 Å². The van der Waals surface area contributed by atoms with E-state index < -0.39 is 0 Å². The molecule has 0 saturated heterocycles. The zero-order valence-electron chi connectivity index (χ0n) is 19.3. The molecule has 1 amide bonds. The van der Waals surface area contributed by atoms with Gasteiger partial charge in [0, 0.05) is 42.8 Å². The van der Waals surface area contributed by atoms with Crippen LogP contribution in [0.4, 0.5) is 11.4 Å². The Hall–Kier alpha value is -4.20. The van der Waals surface area contributed by atoms with Gasteiger partial charge in [-0.05, 0) is 74.9 Å². The number of carbonyl (C=O) groups is 1. The lowest BCUT2D eigenvalue weighted by Gasteiger charge is -2.12. The van der Waals surface area contributed by atoms with Crippen LogP contribution in [-0.4, -0.2) is 39.8 Å². The van der Waals surface area contributed by atoms with Gasteiger partial charge < -0.3 is 15.0 Å². The highest BCUT2D eigenvalue weighted by atomic mass is 16.5. The van der Waals surface area contributed by atoms with E-state index in [1.807, 2.05) is 51.9 Å². The van der Waals surface area contributed by atoms with Gasteiger partial charge >= 0.3 is 0 Å². The summed E-state index contributed by atoms with van der Waals surface area (Å²) >= 11 is 0. The van der Waals surface area contributed by atoms with Crippen LogP contribution in [-0.2, 0) is 0 Å². The molecular weight excluding hydrogens is 416 g/mol. The minimum atomic E-state index is -0.172. The van der Waals surface area contributed by atoms with Gasteiger partial charge in [-0.3, -0.25) is 4.79 Å². The third kappa shape index (κ3) is 4.85. The van der Waals surface area contributed by atoms with E-state index in [2.05, 4.69) is 20.4 Å². The van der Waals surface area contributed by atoms with E-state index in [1.165, 1.54) is 6.33 Å². The molecule has 4 rings (SSSR count). The Kier molecular flexibility index (Phi) is 6.08. The molecule has 33 heavy (non-hydrogen) atoms. The zero-order valence-corrected chi connectivity index (χ0v) is 19.3. The highest BCUT2D eigenvalue weighted by Gasteiger charge is 2.12. The molecule has 0 aliphatic rings. The summed E-state index contributed by atoms with van der Waals surface area (Å²) in [4.78, 5) is 23.0. The van der Waals surface area contributed by atoms with Crippen LogP contribution in [0.25, 0.3) is 5.82 Å². The van der Waals surface area contributed by atoms with Crippen molar-refractivity contribution in [3.05, 3.63) is 83.4 Å². The van der Waals surface area contributed by atoms with Crippen molar-refractivity contribution in [3.8, 4) is 17.4 Å². The number of aryl methyl sites for hydroxylation is 1. The summed E-state index contributed by atoms with van der Waals surface area (Å²) in [5, 5.41) is 7.43. The SMILES string of the molecule is Cc1nn(-c2cc(Oc3ccc(NC(=O)c4ccc(N(C)C)cc4)cc3)ncn2)c(C)c1C. The minimum absolute atomic E-state index is 0.172. The molecule has 1 N–H and O–H groups in total. The van der Waals surface area contributed by atoms with Crippen LogP contribution in [0.2, 0.25) is 0 Å². The summed E-state index contributed by atoms with van der Waals surface area (Å²) in [6.45, 7) is 6.00. The van der Waals surface area contributed by atoms with Crippen LogP contribution in [0.15, 0.2) is 60.9 Å². The van der Waals surface area contributed by atoms with Gasteiger partial charge in [0.2, 0.25) is 5.88 Å². The van der Waals surface area contributed by atoms with Crippen LogP contribution in [0.5, 0.6) is 11.6 Å². The first-order chi connectivity index (χ1) is 15.8. The number of anilines is 2. The molecule has 2 aromatic heterocycles. The van der Waals surface area contributed by atoms with Crippen molar-refractivity contribution in [2.24, 2.45) is 0 Å². The molecule has 8 nitrogen and oxygen atoms in total. The van der Waals surface area contributed by atoms with Gasteiger partial charge in [0.1, 0.15) is 12.1 Å². The lowest BCUT2D eigenvalue weighted by atomic mass is 10.2. The number of hydrogen-bond acceptors (Lipinski definition) is 6. The molecule has 0 aliphatic heterocycles. The van der Waals surface area contributed by atoms with E-state index in [-0.39, 0.29) is 5.91 Å². The van der Waals surface area contributed by atoms with E-state index in [0.29, 0.717) is 28.7 Å². The van der Waals surface area contributed by atoms with Crippen molar-refractivity contribution in [3.63, 3.8) is 0 Å². The number of carbonyl (C=O) groups excluding carboxylic acids is 1. The highest BCUT2D eigenvalue weighted by molar-refractivity contribution is 6.04. The number of nitrogens with zero attached hydrogens (tertiary/aromatic N) is 5. The summed E-state index contributed by atoms with van der Waals surface area (Å²) < 4.78 is 7.67. The second-order valence-electron chi connectivity index (χ2n) is 7.94. The Balaban J connectivity index is 1.43. The number of nitrogens with one attached hydrogen (secondary N) is 1. The largest absolute Gasteiger partial charge is 0.439 e. The van der Waals surface area contributed by atoms with Crippen molar-refractivity contribution >= 4 is 17.3 Å². The smallest absolute Gasteiger partial charge is 0.255 e. The fourth-order valence-corrected chi connectivity index (χ4v) is 3.29. The van der Waals surface area contributed by atoms with E-state index in [4.69, 9.17) is 4.74 Å². The molecule has 0 fully saturated rings. The van der Waals surface area contributed by atoms with E-state index in [0.717, 1.165) is 22.6 Å². The molecule has 0 saturated carbocycles. The quantitative estimate of drug-likeness (QED) is 0.466. The van der Waals surface area contributed by atoms with E-state index >= 15 is 0 Å². The predicted octanol–water partition coefficient (Wildman–Crippen LogP) is 4.70. The monoisotopic (exact) mass is 442 g/mol. The molecule has 0 spiro atoms. The highest BCUT2D eigenvalue weighted by Crippen LogP contribution is 2.24. The van der Waals surface area contributed by atoms with Crippen LogP contribution in [0.3, 0.4) is 0 Å². The van der Waals surface area contributed by atoms with E-state index in [9.17, 15) is 4.79 Å². The van der Waals surface area contributed by atoms with Crippen molar-refractivity contribution in [1.82, 2.24) is 19.7 Å². The molecule has 0 radical (unpaired) electrons. The van der Waals surface area contributed by atoms with Gasteiger partial charge in [0.25, 0.3) is 5.91 Å². The van der Waals surface area contributed by atoms with Crippen LogP contribution in [0, 0.1) is 20.8 Å². The molecular formula is C25H26N6O2. The van der Waals surface area contributed by atoms with Gasteiger partial charge in [0.05, 0.1) is 5.69 Å². The number of benzene rings is 2. The summed E-state index contributed by atoms with van der Waals surface area (Å²) in [5.74, 6) is 1.47. The summed E-state index contributed by atoms with van der Waals surface area (Å²) in [7, 11) is 3.92. The number of rotatable bonds is 6. The third-order valence-electron chi connectivity index (χ3n) is 5.48. The average Bonchev–Trinajstić information content (AvgIpc) is 3.08. The van der Waals surface area contributed by atoms with E-state index in [1.54, 1.807) is 47.1 Å². The molecule has 0 bridgehead atoms. The zero-order chi connectivity index (χ0) is 23.5. The number of hydrogen-bond donors (Lipinski definition) is 1. The summed E-state index contributed by atoms with van der Waals surface area (Å²) in [6, 6.07) is 16.3. The Morgan fingerprint density at radius 3 is 2.27 bits per heavy atom. The second-order valence-corrected chi connectivity index (χ2v) is 7.94. The van der Waals surface area contributed by atoms with Gasteiger partial charge in [-0.1, -0.05) is 0 Å². The molecule has 168 valence electrons. The normalized spacial score (nSPS) is 10.7. The number of aromatic nitrogens is 4. The summed E-state index contributed by atoms with van der Waals surface area (Å²) in [6.07, 6.45) is 1.45. The van der Waals surface area contributed by atoms with Crippen LogP contribution < -0.4 is 15.0 Å². The molecule has 4 aromatic rings. The molecule has 8 heteroatoms. The van der Waals surface area contributed by atoms with Crippen LogP contribution in [0.1, 0.15) is 27.3 Å². The fraction of sp³-hybridized carbons (Fsp3) is 0.200. The Bertz CT molecular complexity index is 1280. The van der Waals surface area contributed by atoms with Crippen LogP contribution >= 0.6 is 0 Å². The maximum atomic E-state index is 12.5. The van der Waals surface area contributed by atoms with Crippen molar-refractivity contribution < 1.29 is 9.53 Å². The molecule has 0 aliphatic carbocycles. The lowest BCUT2D eigenvalue weighted by Crippen LogP contribution is -2.13. The Morgan fingerprint density at radius 2 is 1.67 bits per heavy atom. The maximum absolute atomic E-state index is 12.5. The summed E-state index contributed by atoms with van der Waals surface area (Å²) in [5.41, 5.74) is 5.41. The maximum Gasteiger partial charge on any atom is 0.255 e. The first-order valence-electron chi connectivity index (χ1n) is 10.5. The second kappa shape index (κ2) is 9.12. The standard InChI is InChI=1S/C25H26N6O2/c1-16-17(2)29-31(18(16)3)23-14-24(27-15-26-23)33-22-12-8-20(9-13-22)28-25(32)19-6-10-21(11-7-19)30(4)5/h6-15H,1-5H3,(H,28,32). The first-order valence-corrected chi connectivity index (χ1v) is 10.5. The van der Waals surface area contributed by atoms with Gasteiger partial charge in [-0.2, -0.15) is 5.10 Å². The van der Waals surface area contributed by atoms with Gasteiger partial charge in [-0.25, -0.2) is 14.6 Å². The topological polar surface area (TPSA) is 85.2 Å². The van der Waals surface area contributed by atoms with Gasteiger partial charge in [-0.15, -0.1) is 0 Å². The van der Waals surface area contributed by atoms with Gasteiger partial charge in [0.15, 0.2) is 5.82 Å². The van der Waals surface area contributed by atoms with Crippen molar-refractivity contribution in [2.75, 3.05) is 24.3 Å². The Morgan fingerprint density at radius 1 is 0.970 bits per heavy atom. The molecule has 0 atom stereocenters. The average molecular weight is 443 g/mol. The lowest BCUT2D eigenvalue weighted by molar-refractivity contribution is 0.102. The number of amides is 1. The molecule has 0 unspecified atom stereocenters. The van der Waals surface area contributed by atoms with Crippen molar-refractivity contribution in [2.45, 2.75) is 20.8 Å².